The van der Waals surface area contributed by atoms with Gasteiger partial charge in [0.2, 0.25) is 5.91 Å². The summed E-state index contributed by atoms with van der Waals surface area (Å²) >= 11 is 11.7. The average Bonchev–Trinajstić information content (AvgIpc) is 2.94. The number of benzene rings is 1. The van der Waals surface area contributed by atoms with Gasteiger partial charge in [0, 0.05) is 6.08 Å². The molecule has 2 rings (SSSR count). The molecule has 1 aromatic heterocycles. The summed E-state index contributed by atoms with van der Waals surface area (Å²) in [6, 6.07) is 4.78. The molecule has 0 radical (unpaired) electrons. The third-order valence-electron chi connectivity index (χ3n) is 2.48. The number of tetrazole rings is 1. The Kier molecular flexibility index (Phi) is 4.70. The number of hydrogen-bond donors (Lipinski definition) is 2. The minimum Gasteiger partial charge on any atom is -0.343 e. The molecule has 2 aromatic rings. The van der Waals surface area contributed by atoms with Crippen molar-refractivity contribution in [2.75, 3.05) is 0 Å². The van der Waals surface area contributed by atoms with Crippen LogP contribution in [0.4, 0.5) is 0 Å². The topological polar surface area (TPSA) is 83.6 Å². The summed E-state index contributed by atoms with van der Waals surface area (Å²) in [5, 5.41) is 17.0. The number of aromatic nitrogens is 4. The van der Waals surface area contributed by atoms with Crippen LogP contribution in [-0.2, 0) is 4.79 Å². The Morgan fingerprint density at radius 3 is 2.85 bits per heavy atom. The van der Waals surface area contributed by atoms with Crippen molar-refractivity contribution in [3.8, 4) is 0 Å². The third kappa shape index (κ3) is 3.79. The number of nitrogens with zero attached hydrogens (tertiary/aromatic N) is 3. The van der Waals surface area contributed by atoms with E-state index in [1.54, 1.807) is 31.2 Å². The fourth-order valence-electron chi connectivity index (χ4n) is 1.47. The number of rotatable bonds is 4. The van der Waals surface area contributed by atoms with Crippen LogP contribution in [0.1, 0.15) is 24.4 Å². The van der Waals surface area contributed by atoms with E-state index < -0.39 is 0 Å². The first-order valence-electron chi connectivity index (χ1n) is 5.73. The van der Waals surface area contributed by atoms with Gasteiger partial charge in [-0.15, -0.1) is 10.2 Å². The van der Waals surface area contributed by atoms with Gasteiger partial charge in [-0.05, 0) is 30.7 Å². The second kappa shape index (κ2) is 6.49. The maximum Gasteiger partial charge on any atom is 0.244 e. The molecule has 2 N–H and O–H groups in total. The predicted molar refractivity (Wildman–Crippen MR) is 76.2 cm³/mol. The van der Waals surface area contributed by atoms with E-state index in [9.17, 15) is 4.79 Å². The molecule has 0 aliphatic heterocycles. The molecular weight excluding hydrogens is 301 g/mol. The van der Waals surface area contributed by atoms with Crippen molar-refractivity contribution in [2.45, 2.75) is 13.0 Å². The number of amides is 1. The predicted octanol–water partition coefficient (Wildman–Crippen LogP) is 2.40. The number of halogens is 2. The van der Waals surface area contributed by atoms with E-state index in [-0.39, 0.29) is 11.9 Å². The van der Waals surface area contributed by atoms with E-state index in [2.05, 4.69) is 25.9 Å². The van der Waals surface area contributed by atoms with Crippen LogP contribution < -0.4 is 5.32 Å². The molecule has 0 saturated heterocycles. The zero-order valence-electron chi connectivity index (χ0n) is 10.5. The number of H-pyrrole nitrogens is 1. The van der Waals surface area contributed by atoms with Crippen LogP contribution in [0.3, 0.4) is 0 Å². The van der Waals surface area contributed by atoms with Crippen molar-refractivity contribution in [1.82, 2.24) is 25.9 Å². The lowest BCUT2D eigenvalue weighted by atomic mass is 10.2. The number of carbonyl (C=O) groups is 1. The fourth-order valence-corrected chi connectivity index (χ4v) is 1.77. The Hall–Kier alpha value is -1.92. The molecule has 0 aliphatic rings. The highest BCUT2D eigenvalue weighted by atomic mass is 35.5. The molecule has 20 heavy (non-hydrogen) atoms. The smallest absolute Gasteiger partial charge is 0.244 e. The van der Waals surface area contributed by atoms with E-state index in [0.29, 0.717) is 15.9 Å². The highest BCUT2D eigenvalue weighted by molar-refractivity contribution is 6.42. The summed E-state index contributed by atoms with van der Waals surface area (Å²) in [5.74, 6) is 0.148. The zero-order chi connectivity index (χ0) is 14.5. The number of aromatic amines is 1. The van der Waals surface area contributed by atoms with Crippen molar-refractivity contribution in [1.29, 1.82) is 0 Å². The molecule has 0 spiro atoms. The van der Waals surface area contributed by atoms with Gasteiger partial charge >= 0.3 is 0 Å². The Balaban J connectivity index is 1.97. The molecule has 1 atom stereocenters. The van der Waals surface area contributed by atoms with Gasteiger partial charge in [-0.3, -0.25) is 4.79 Å². The number of nitrogens with one attached hydrogen (secondary N) is 2. The van der Waals surface area contributed by atoms with Crippen molar-refractivity contribution in [3.63, 3.8) is 0 Å². The molecule has 104 valence electrons. The quantitative estimate of drug-likeness (QED) is 0.849. The highest BCUT2D eigenvalue weighted by Gasteiger charge is 2.11. The van der Waals surface area contributed by atoms with Crippen molar-refractivity contribution in [2.24, 2.45) is 0 Å². The van der Waals surface area contributed by atoms with Gasteiger partial charge in [-0.1, -0.05) is 34.5 Å². The summed E-state index contributed by atoms with van der Waals surface area (Å²) in [5.41, 5.74) is 0.779. The first-order chi connectivity index (χ1) is 9.56. The van der Waals surface area contributed by atoms with Crippen molar-refractivity contribution < 1.29 is 4.79 Å². The van der Waals surface area contributed by atoms with Gasteiger partial charge in [0.1, 0.15) is 0 Å². The summed E-state index contributed by atoms with van der Waals surface area (Å²) in [6.07, 6.45) is 3.04. The molecular formula is C12H11Cl2N5O. The van der Waals surface area contributed by atoms with Crippen LogP contribution in [0, 0.1) is 0 Å². The van der Waals surface area contributed by atoms with Gasteiger partial charge in [0.25, 0.3) is 0 Å². The first-order valence-corrected chi connectivity index (χ1v) is 6.49. The summed E-state index contributed by atoms with van der Waals surface area (Å²) < 4.78 is 0. The highest BCUT2D eigenvalue weighted by Crippen LogP contribution is 2.23. The maximum absolute atomic E-state index is 11.7. The molecule has 1 unspecified atom stereocenters. The van der Waals surface area contributed by atoms with Crippen molar-refractivity contribution in [3.05, 3.63) is 45.7 Å². The van der Waals surface area contributed by atoms with Gasteiger partial charge in [0.15, 0.2) is 5.82 Å². The van der Waals surface area contributed by atoms with E-state index in [0.717, 1.165) is 5.56 Å². The monoisotopic (exact) mass is 311 g/mol. The molecule has 0 aliphatic carbocycles. The zero-order valence-corrected chi connectivity index (χ0v) is 12.0. The lowest BCUT2D eigenvalue weighted by Crippen LogP contribution is -2.25. The lowest BCUT2D eigenvalue weighted by molar-refractivity contribution is -0.117. The minimum atomic E-state index is -0.334. The first kappa shape index (κ1) is 14.5. The van der Waals surface area contributed by atoms with Crippen LogP contribution in [0.5, 0.6) is 0 Å². The Labute approximate surface area is 125 Å². The largest absolute Gasteiger partial charge is 0.343 e. The third-order valence-corrected chi connectivity index (χ3v) is 3.22. The SMILES string of the molecule is CC(NC(=O)C=Cc1ccc(Cl)c(Cl)c1)c1nn[nH]n1. The molecule has 1 heterocycles. The molecule has 0 bridgehead atoms. The van der Waals surface area contributed by atoms with Crippen LogP contribution in [0.15, 0.2) is 24.3 Å². The van der Waals surface area contributed by atoms with Gasteiger partial charge < -0.3 is 5.32 Å². The summed E-state index contributed by atoms with van der Waals surface area (Å²) in [4.78, 5) is 11.7. The number of carbonyl (C=O) groups excluding carboxylic acids is 1. The van der Waals surface area contributed by atoms with Gasteiger partial charge in [0.05, 0.1) is 16.1 Å². The van der Waals surface area contributed by atoms with E-state index >= 15 is 0 Å². The van der Waals surface area contributed by atoms with Crippen LogP contribution >= 0.6 is 23.2 Å². The molecule has 0 fully saturated rings. The van der Waals surface area contributed by atoms with Gasteiger partial charge in [-0.2, -0.15) is 5.21 Å². The second-order valence-electron chi connectivity index (χ2n) is 4.01. The molecule has 1 amide bonds. The van der Waals surface area contributed by atoms with E-state index in [1.807, 2.05) is 0 Å². The standard InChI is InChI=1S/C12H11Cl2N5O/c1-7(12-16-18-19-17-12)15-11(20)5-3-8-2-4-9(13)10(14)6-8/h2-7H,1H3,(H,15,20)(H,16,17,18,19). The minimum absolute atomic E-state index is 0.270. The van der Waals surface area contributed by atoms with Crippen molar-refractivity contribution >= 4 is 35.2 Å². The maximum atomic E-state index is 11.7. The molecule has 6 nitrogen and oxygen atoms in total. The molecule has 8 heteroatoms. The Morgan fingerprint density at radius 1 is 1.40 bits per heavy atom. The van der Waals surface area contributed by atoms with Crippen LogP contribution in [-0.4, -0.2) is 26.5 Å². The number of hydrogen-bond acceptors (Lipinski definition) is 4. The average molecular weight is 312 g/mol. The fraction of sp³-hybridized carbons (Fsp3) is 0.167. The van der Waals surface area contributed by atoms with Crippen LogP contribution in [0.25, 0.3) is 6.08 Å². The Morgan fingerprint density at radius 2 is 2.20 bits per heavy atom. The molecule has 1 aromatic carbocycles. The Bertz CT molecular complexity index is 627. The lowest BCUT2D eigenvalue weighted by Gasteiger charge is -2.07. The summed E-state index contributed by atoms with van der Waals surface area (Å²) in [6.45, 7) is 1.76. The van der Waals surface area contributed by atoms with Gasteiger partial charge in [-0.25, -0.2) is 0 Å². The second-order valence-corrected chi connectivity index (χ2v) is 4.82. The van der Waals surface area contributed by atoms with E-state index in [1.165, 1.54) is 6.08 Å². The van der Waals surface area contributed by atoms with E-state index in [4.69, 9.17) is 23.2 Å². The summed E-state index contributed by atoms with van der Waals surface area (Å²) in [7, 11) is 0. The van der Waals surface area contributed by atoms with Crippen LogP contribution in [0.2, 0.25) is 10.0 Å². The normalized spacial score (nSPS) is 12.6. The molecule has 0 saturated carbocycles.